The number of imide groups is 1. The summed E-state index contributed by atoms with van der Waals surface area (Å²) in [4.78, 5) is 36.7. The Bertz CT molecular complexity index is 750. The minimum absolute atomic E-state index is 0.148. The first-order chi connectivity index (χ1) is 11.2. The molecule has 2 fully saturated rings. The van der Waals surface area contributed by atoms with Crippen molar-refractivity contribution < 1.29 is 23.2 Å². The Hall–Kier alpha value is -2.51. The first-order valence-electron chi connectivity index (χ1n) is 7.53. The van der Waals surface area contributed by atoms with Crippen LogP contribution in [0.1, 0.15) is 30.6 Å². The lowest BCUT2D eigenvalue weighted by Crippen LogP contribution is -2.66. The molecule has 24 heavy (non-hydrogen) atoms. The van der Waals surface area contributed by atoms with Gasteiger partial charge in [0.25, 0.3) is 5.91 Å². The summed E-state index contributed by atoms with van der Waals surface area (Å²) in [5.74, 6) is -2.11. The Morgan fingerprint density at radius 3 is 2.50 bits per heavy atom. The van der Waals surface area contributed by atoms with E-state index in [1.807, 2.05) is 0 Å². The minimum atomic E-state index is -1.08. The molecule has 6 nitrogen and oxygen atoms in total. The van der Waals surface area contributed by atoms with E-state index in [-0.39, 0.29) is 30.8 Å². The molecule has 1 unspecified atom stereocenters. The highest BCUT2D eigenvalue weighted by atomic mass is 19.1. The molecule has 8 heteroatoms. The van der Waals surface area contributed by atoms with E-state index in [1.165, 1.54) is 0 Å². The maximum absolute atomic E-state index is 13.8. The predicted molar refractivity (Wildman–Crippen MR) is 81.8 cm³/mol. The van der Waals surface area contributed by atoms with Crippen LogP contribution in [-0.4, -0.2) is 36.9 Å². The Kier molecular flexibility index (Phi) is 3.58. The number of aldehydes is 1. The lowest BCUT2D eigenvalue weighted by atomic mass is 9.67. The van der Waals surface area contributed by atoms with Crippen LogP contribution in [0.4, 0.5) is 19.3 Å². The summed E-state index contributed by atoms with van der Waals surface area (Å²) in [6, 6.07) is 1.22. The lowest BCUT2D eigenvalue weighted by molar-refractivity contribution is -0.129. The summed E-state index contributed by atoms with van der Waals surface area (Å²) in [5, 5.41) is 4.93. The largest absolute Gasteiger partial charge is 0.370 e. The van der Waals surface area contributed by atoms with Crippen molar-refractivity contribution in [3.8, 4) is 0 Å². The van der Waals surface area contributed by atoms with Gasteiger partial charge >= 0.3 is 6.03 Å². The van der Waals surface area contributed by atoms with Gasteiger partial charge in [-0.2, -0.15) is 0 Å². The summed E-state index contributed by atoms with van der Waals surface area (Å²) in [7, 11) is 0. The van der Waals surface area contributed by atoms with Gasteiger partial charge < -0.3 is 10.2 Å². The zero-order valence-corrected chi connectivity index (χ0v) is 13.3. The number of piperidine rings is 1. The average molecular weight is 337 g/mol. The molecule has 0 aromatic heterocycles. The fourth-order valence-corrected chi connectivity index (χ4v) is 3.63. The quantitative estimate of drug-likeness (QED) is 0.635. The van der Waals surface area contributed by atoms with Crippen molar-refractivity contribution in [2.75, 3.05) is 18.0 Å². The van der Waals surface area contributed by atoms with Crippen LogP contribution in [0.15, 0.2) is 12.1 Å². The van der Waals surface area contributed by atoms with Crippen LogP contribution in [0.2, 0.25) is 0 Å². The molecule has 128 valence electrons. The summed E-state index contributed by atoms with van der Waals surface area (Å²) in [5.41, 5.74) is -1.86. The molecule has 0 radical (unpaired) electrons. The molecule has 2 aliphatic heterocycles. The maximum atomic E-state index is 13.8. The van der Waals surface area contributed by atoms with Gasteiger partial charge in [0, 0.05) is 24.6 Å². The standard InChI is InChI=1S/C16H17F2N3O3/c1-15(2)8-21(4-3-16(15)13(23)19-14(24)20-16)12-6-9(17)5-11(18)10(12)7-22/h5-7H,3-4,8H2,1-2H3,(H2,19,20,23,24). The zero-order chi connectivity index (χ0) is 17.7. The average Bonchev–Trinajstić information content (AvgIpc) is 2.77. The number of halogens is 2. The number of anilines is 1. The highest BCUT2D eigenvalue weighted by Gasteiger charge is 2.58. The number of carbonyl (C=O) groups is 3. The van der Waals surface area contributed by atoms with Crippen LogP contribution in [0, 0.1) is 17.0 Å². The third-order valence-corrected chi connectivity index (χ3v) is 4.97. The molecular formula is C16H17F2N3O3. The van der Waals surface area contributed by atoms with Crippen LogP contribution in [0.5, 0.6) is 0 Å². The Morgan fingerprint density at radius 2 is 1.96 bits per heavy atom. The molecule has 2 N–H and O–H groups in total. The highest BCUT2D eigenvalue weighted by Crippen LogP contribution is 2.42. The van der Waals surface area contributed by atoms with E-state index < -0.39 is 34.5 Å². The molecule has 2 aliphatic rings. The molecule has 3 rings (SSSR count). The fourth-order valence-electron chi connectivity index (χ4n) is 3.63. The molecule has 1 aromatic rings. The van der Waals surface area contributed by atoms with Crippen molar-refractivity contribution in [2.24, 2.45) is 5.41 Å². The number of rotatable bonds is 2. The minimum Gasteiger partial charge on any atom is -0.370 e. The SMILES string of the molecule is CC1(C)CN(c2cc(F)cc(F)c2C=O)CCC12NC(=O)NC2=O. The van der Waals surface area contributed by atoms with Crippen molar-refractivity contribution in [3.63, 3.8) is 0 Å². The van der Waals surface area contributed by atoms with Crippen molar-refractivity contribution >= 4 is 23.9 Å². The van der Waals surface area contributed by atoms with Gasteiger partial charge in [0.2, 0.25) is 0 Å². The van der Waals surface area contributed by atoms with Crippen LogP contribution in [0.25, 0.3) is 0 Å². The molecule has 2 saturated heterocycles. The molecule has 1 atom stereocenters. The molecule has 2 heterocycles. The monoisotopic (exact) mass is 337 g/mol. The number of hydrogen-bond acceptors (Lipinski definition) is 4. The molecule has 1 aromatic carbocycles. The van der Waals surface area contributed by atoms with Gasteiger partial charge in [-0.05, 0) is 12.5 Å². The number of carbonyl (C=O) groups excluding carboxylic acids is 3. The van der Waals surface area contributed by atoms with Gasteiger partial charge in [-0.3, -0.25) is 14.9 Å². The third-order valence-electron chi connectivity index (χ3n) is 4.97. The molecule has 0 aliphatic carbocycles. The first-order valence-corrected chi connectivity index (χ1v) is 7.53. The van der Waals surface area contributed by atoms with Gasteiger partial charge in [0.15, 0.2) is 6.29 Å². The topological polar surface area (TPSA) is 78.5 Å². The number of hydrogen-bond donors (Lipinski definition) is 2. The second-order valence-corrected chi connectivity index (χ2v) is 6.81. The molecule has 0 saturated carbocycles. The second-order valence-electron chi connectivity index (χ2n) is 6.81. The van der Waals surface area contributed by atoms with Crippen LogP contribution < -0.4 is 15.5 Å². The Morgan fingerprint density at radius 1 is 1.25 bits per heavy atom. The van der Waals surface area contributed by atoms with Gasteiger partial charge in [-0.25, -0.2) is 13.6 Å². The van der Waals surface area contributed by atoms with Gasteiger partial charge in [0.1, 0.15) is 17.2 Å². The summed E-state index contributed by atoms with van der Waals surface area (Å²) < 4.78 is 27.4. The van der Waals surface area contributed by atoms with Gasteiger partial charge in [-0.1, -0.05) is 13.8 Å². The summed E-state index contributed by atoms with van der Waals surface area (Å²) in [6.45, 7) is 4.09. The molecule has 0 bridgehead atoms. The second kappa shape index (κ2) is 5.25. The van der Waals surface area contributed by atoms with Crippen LogP contribution >= 0.6 is 0 Å². The maximum Gasteiger partial charge on any atom is 0.322 e. The number of nitrogens with one attached hydrogen (secondary N) is 2. The van der Waals surface area contributed by atoms with E-state index in [4.69, 9.17) is 0 Å². The van der Waals surface area contributed by atoms with Crippen molar-refractivity contribution in [1.29, 1.82) is 0 Å². The van der Waals surface area contributed by atoms with Gasteiger partial charge in [-0.15, -0.1) is 0 Å². The number of urea groups is 1. The summed E-state index contributed by atoms with van der Waals surface area (Å²) >= 11 is 0. The predicted octanol–water partition coefficient (Wildman–Crippen LogP) is 1.59. The third kappa shape index (κ3) is 2.24. The zero-order valence-electron chi connectivity index (χ0n) is 13.3. The van der Waals surface area contributed by atoms with Crippen molar-refractivity contribution in [2.45, 2.75) is 25.8 Å². The van der Waals surface area contributed by atoms with E-state index >= 15 is 0 Å². The Labute approximate surface area is 137 Å². The smallest absolute Gasteiger partial charge is 0.322 e. The Balaban J connectivity index is 1.98. The normalized spacial score (nSPS) is 25.6. The first kappa shape index (κ1) is 16.4. The van der Waals surface area contributed by atoms with Crippen molar-refractivity contribution in [3.05, 3.63) is 29.3 Å². The summed E-state index contributed by atoms with van der Waals surface area (Å²) in [6.07, 6.45) is 0.611. The number of benzene rings is 1. The number of nitrogens with zero attached hydrogens (tertiary/aromatic N) is 1. The van der Waals surface area contributed by atoms with Gasteiger partial charge in [0.05, 0.1) is 11.3 Å². The van der Waals surface area contributed by atoms with Crippen LogP contribution in [-0.2, 0) is 4.79 Å². The fraction of sp³-hybridized carbons (Fsp3) is 0.438. The van der Waals surface area contributed by atoms with Crippen LogP contribution in [0.3, 0.4) is 0 Å². The lowest BCUT2D eigenvalue weighted by Gasteiger charge is -2.50. The van der Waals surface area contributed by atoms with E-state index in [0.29, 0.717) is 12.4 Å². The molecular weight excluding hydrogens is 320 g/mol. The van der Waals surface area contributed by atoms with Crippen molar-refractivity contribution in [1.82, 2.24) is 10.6 Å². The van der Waals surface area contributed by atoms with E-state index in [0.717, 1.165) is 6.07 Å². The molecule has 3 amide bonds. The highest BCUT2D eigenvalue weighted by molar-refractivity contribution is 6.07. The van der Waals surface area contributed by atoms with E-state index in [2.05, 4.69) is 10.6 Å². The number of amides is 3. The molecule has 1 spiro atoms. The van der Waals surface area contributed by atoms with E-state index in [1.54, 1.807) is 18.7 Å². The van der Waals surface area contributed by atoms with E-state index in [9.17, 15) is 23.2 Å².